The number of hydrogen-bond donors (Lipinski definition) is 0. The van der Waals surface area contributed by atoms with Crippen LogP contribution in [0.1, 0.15) is 0 Å². The van der Waals surface area contributed by atoms with Gasteiger partial charge in [0.2, 0.25) is 0 Å². The maximum Gasteiger partial charge on any atom is 0.0253 e. The van der Waals surface area contributed by atoms with Gasteiger partial charge in [-0.1, -0.05) is 68.3 Å². The van der Waals surface area contributed by atoms with Crippen LogP contribution in [0.5, 0.6) is 0 Å². The highest BCUT2D eigenvalue weighted by Crippen LogP contribution is 2.33. The van der Waals surface area contributed by atoms with Gasteiger partial charge in [0.05, 0.1) is 0 Å². The second kappa shape index (κ2) is 3.86. The number of halogens is 2. The van der Waals surface area contributed by atoms with E-state index in [-0.39, 0.29) is 0 Å². The Labute approximate surface area is 111 Å². The summed E-state index contributed by atoms with van der Waals surface area (Å²) < 4.78 is 2.29. The summed E-state index contributed by atoms with van der Waals surface area (Å²) in [5.74, 6) is 0. The Kier molecular flexibility index (Phi) is 2.49. The van der Waals surface area contributed by atoms with Gasteiger partial charge in [-0.05, 0) is 33.7 Å². The van der Waals surface area contributed by atoms with Gasteiger partial charge in [0, 0.05) is 8.95 Å². The Morgan fingerprint density at radius 1 is 0.500 bits per heavy atom. The van der Waals surface area contributed by atoms with E-state index >= 15 is 0 Å². The van der Waals surface area contributed by atoms with Crippen LogP contribution in [0.15, 0.2) is 57.5 Å². The molecule has 0 radical (unpaired) electrons. The fourth-order valence-electron chi connectivity index (χ4n) is 2.05. The largest absolute Gasteiger partial charge is 0.0605 e. The van der Waals surface area contributed by atoms with Crippen LogP contribution >= 0.6 is 31.9 Å². The molecule has 0 atom stereocenters. The minimum absolute atomic E-state index is 1.15. The van der Waals surface area contributed by atoms with E-state index in [0.717, 1.165) is 8.95 Å². The van der Waals surface area contributed by atoms with Crippen LogP contribution in [-0.2, 0) is 0 Å². The van der Waals surface area contributed by atoms with Crippen molar-refractivity contribution in [1.29, 1.82) is 0 Å². The topological polar surface area (TPSA) is 0 Å². The number of hydrogen-bond acceptors (Lipinski definition) is 0. The molecule has 0 saturated carbocycles. The van der Waals surface area contributed by atoms with E-state index in [1.54, 1.807) is 0 Å². The van der Waals surface area contributed by atoms with Crippen molar-refractivity contribution >= 4 is 53.4 Å². The number of benzene rings is 3. The molecule has 0 amide bonds. The molecule has 3 aromatic rings. The molecule has 0 unspecified atom stereocenters. The first-order valence-electron chi connectivity index (χ1n) is 5.03. The molecule has 0 saturated heterocycles. The lowest BCUT2D eigenvalue weighted by molar-refractivity contribution is 1.71. The molecule has 2 heteroatoms. The molecule has 0 spiro atoms. The summed E-state index contributed by atoms with van der Waals surface area (Å²) in [4.78, 5) is 0. The van der Waals surface area contributed by atoms with Gasteiger partial charge >= 0.3 is 0 Å². The van der Waals surface area contributed by atoms with Crippen molar-refractivity contribution in [2.24, 2.45) is 0 Å². The first-order chi connectivity index (χ1) is 7.77. The van der Waals surface area contributed by atoms with E-state index in [4.69, 9.17) is 0 Å². The SMILES string of the molecule is Brc1cccc2c1ccc1c(Br)cccc12. The smallest absolute Gasteiger partial charge is 0.0253 e. The Morgan fingerprint density at radius 3 is 1.38 bits per heavy atom. The molecule has 0 aromatic heterocycles. The highest BCUT2D eigenvalue weighted by Gasteiger charge is 2.04. The van der Waals surface area contributed by atoms with Crippen molar-refractivity contribution in [3.05, 3.63) is 57.5 Å². The maximum absolute atomic E-state index is 3.59. The molecule has 0 N–H and O–H groups in total. The fourth-order valence-corrected chi connectivity index (χ4v) is 3.05. The number of fused-ring (bicyclic) bond motifs is 3. The predicted octanol–water partition coefficient (Wildman–Crippen LogP) is 5.52. The predicted molar refractivity (Wildman–Crippen MR) is 76.9 cm³/mol. The van der Waals surface area contributed by atoms with Gasteiger partial charge in [0.15, 0.2) is 0 Å². The molecule has 0 aliphatic rings. The van der Waals surface area contributed by atoms with Gasteiger partial charge in [-0.15, -0.1) is 0 Å². The van der Waals surface area contributed by atoms with Crippen LogP contribution in [0.4, 0.5) is 0 Å². The van der Waals surface area contributed by atoms with Crippen molar-refractivity contribution in [2.45, 2.75) is 0 Å². The molecule has 0 nitrogen and oxygen atoms in total. The molecule has 16 heavy (non-hydrogen) atoms. The van der Waals surface area contributed by atoms with E-state index < -0.39 is 0 Å². The van der Waals surface area contributed by atoms with Gasteiger partial charge < -0.3 is 0 Å². The van der Waals surface area contributed by atoms with Crippen LogP contribution < -0.4 is 0 Å². The van der Waals surface area contributed by atoms with Gasteiger partial charge in [0.1, 0.15) is 0 Å². The summed E-state index contributed by atoms with van der Waals surface area (Å²) in [7, 11) is 0. The van der Waals surface area contributed by atoms with Crippen LogP contribution in [0.2, 0.25) is 0 Å². The summed E-state index contributed by atoms with van der Waals surface area (Å²) in [5, 5.41) is 5.09. The molecule has 0 aliphatic heterocycles. The van der Waals surface area contributed by atoms with Crippen molar-refractivity contribution < 1.29 is 0 Å². The average Bonchev–Trinajstić information content (AvgIpc) is 2.30. The highest BCUT2D eigenvalue weighted by atomic mass is 79.9. The molecule has 0 bridgehead atoms. The molecule has 78 valence electrons. The van der Waals surface area contributed by atoms with E-state index in [2.05, 4.69) is 80.4 Å². The zero-order valence-corrected chi connectivity index (χ0v) is 11.5. The standard InChI is InChI=1S/C14H8Br2/c15-13-5-1-3-9-10-4-2-6-14(16)12(10)8-7-11(9)13/h1-8H. The monoisotopic (exact) mass is 334 g/mol. The van der Waals surface area contributed by atoms with E-state index in [1.165, 1.54) is 21.5 Å². The Bertz CT molecular complexity index is 626. The van der Waals surface area contributed by atoms with Crippen LogP contribution in [0, 0.1) is 0 Å². The zero-order valence-electron chi connectivity index (χ0n) is 8.37. The van der Waals surface area contributed by atoms with E-state index in [1.807, 2.05) is 0 Å². The minimum atomic E-state index is 1.15. The molecule has 0 aliphatic carbocycles. The van der Waals surface area contributed by atoms with Crippen LogP contribution in [-0.4, -0.2) is 0 Å². The van der Waals surface area contributed by atoms with E-state index in [0.29, 0.717) is 0 Å². The molecule has 0 fully saturated rings. The Morgan fingerprint density at radius 2 is 0.938 bits per heavy atom. The number of rotatable bonds is 0. The molecular formula is C14H8Br2. The minimum Gasteiger partial charge on any atom is -0.0605 e. The van der Waals surface area contributed by atoms with Gasteiger partial charge in [-0.3, -0.25) is 0 Å². The Hall–Kier alpha value is -0.860. The summed E-state index contributed by atoms with van der Waals surface area (Å²) in [5.41, 5.74) is 0. The fraction of sp³-hybridized carbons (Fsp3) is 0. The summed E-state index contributed by atoms with van der Waals surface area (Å²) in [6, 6.07) is 16.9. The summed E-state index contributed by atoms with van der Waals surface area (Å²) in [6.07, 6.45) is 0. The third kappa shape index (κ3) is 1.48. The molecule has 3 rings (SSSR count). The van der Waals surface area contributed by atoms with Crippen LogP contribution in [0.3, 0.4) is 0 Å². The Balaban J connectivity index is 2.60. The second-order valence-corrected chi connectivity index (χ2v) is 5.44. The van der Waals surface area contributed by atoms with Crippen molar-refractivity contribution in [3.8, 4) is 0 Å². The van der Waals surface area contributed by atoms with E-state index in [9.17, 15) is 0 Å². The zero-order chi connectivity index (χ0) is 11.1. The van der Waals surface area contributed by atoms with Crippen molar-refractivity contribution in [3.63, 3.8) is 0 Å². The molecule has 0 heterocycles. The lowest BCUT2D eigenvalue weighted by atomic mass is 10.0. The lowest BCUT2D eigenvalue weighted by Crippen LogP contribution is -1.79. The third-order valence-electron chi connectivity index (χ3n) is 2.81. The third-order valence-corrected chi connectivity index (χ3v) is 4.20. The van der Waals surface area contributed by atoms with Gasteiger partial charge in [0.25, 0.3) is 0 Å². The van der Waals surface area contributed by atoms with Crippen LogP contribution in [0.25, 0.3) is 21.5 Å². The normalized spacial score (nSPS) is 11.1. The lowest BCUT2D eigenvalue weighted by Gasteiger charge is -2.06. The molecule has 3 aromatic carbocycles. The van der Waals surface area contributed by atoms with Gasteiger partial charge in [-0.25, -0.2) is 0 Å². The van der Waals surface area contributed by atoms with Crippen molar-refractivity contribution in [1.82, 2.24) is 0 Å². The average molecular weight is 336 g/mol. The molecular weight excluding hydrogens is 328 g/mol. The summed E-state index contributed by atoms with van der Waals surface area (Å²) >= 11 is 7.18. The highest BCUT2D eigenvalue weighted by molar-refractivity contribution is 9.11. The van der Waals surface area contributed by atoms with Crippen molar-refractivity contribution in [2.75, 3.05) is 0 Å². The first kappa shape index (κ1) is 10.3. The van der Waals surface area contributed by atoms with Gasteiger partial charge in [-0.2, -0.15) is 0 Å². The first-order valence-corrected chi connectivity index (χ1v) is 6.61. The quantitative estimate of drug-likeness (QED) is 0.474. The maximum atomic E-state index is 3.59. The second-order valence-electron chi connectivity index (χ2n) is 3.74. The summed E-state index contributed by atoms with van der Waals surface area (Å²) in [6.45, 7) is 0.